The van der Waals surface area contributed by atoms with Gasteiger partial charge in [-0.25, -0.2) is 0 Å². The van der Waals surface area contributed by atoms with E-state index in [1.54, 1.807) is 0 Å². The Morgan fingerprint density at radius 2 is 2.25 bits per heavy atom. The molecule has 2 heteroatoms. The Labute approximate surface area is 55.0 Å². The third kappa shape index (κ3) is 1.83. The lowest BCUT2D eigenvalue weighted by molar-refractivity contribution is -0.114. The van der Waals surface area contributed by atoms with E-state index in [0.717, 1.165) is 12.7 Å². The standard InChI is InChI=1S/C6H11ClO/c1-3-6(2,4-7)5-8/h5H,3-4H2,1-2H3. The second-order valence-corrected chi connectivity index (χ2v) is 2.53. The SMILES string of the molecule is CCC(C)(C=O)CCl. The number of halogens is 1. The van der Waals surface area contributed by atoms with E-state index in [1.165, 1.54) is 0 Å². The normalized spacial score (nSPS) is 17.4. The van der Waals surface area contributed by atoms with Crippen LogP contribution in [0, 0.1) is 5.41 Å². The molecule has 0 aliphatic heterocycles. The number of aldehydes is 1. The summed E-state index contributed by atoms with van der Waals surface area (Å²) < 4.78 is 0. The first-order chi connectivity index (χ1) is 3.68. The van der Waals surface area contributed by atoms with Crippen LogP contribution < -0.4 is 0 Å². The van der Waals surface area contributed by atoms with Crippen LogP contribution in [0.2, 0.25) is 0 Å². The van der Waals surface area contributed by atoms with Crippen molar-refractivity contribution in [3.63, 3.8) is 0 Å². The Balaban J connectivity index is 3.76. The molecule has 0 spiro atoms. The van der Waals surface area contributed by atoms with Crippen LogP contribution in [0.4, 0.5) is 0 Å². The number of hydrogen-bond donors (Lipinski definition) is 0. The van der Waals surface area contributed by atoms with Gasteiger partial charge in [0.25, 0.3) is 0 Å². The van der Waals surface area contributed by atoms with Gasteiger partial charge >= 0.3 is 0 Å². The lowest BCUT2D eigenvalue weighted by atomic mass is 9.92. The van der Waals surface area contributed by atoms with Crippen molar-refractivity contribution in [1.29, 1.82) is 0 Å². The van der Waals surface area contributed by atoms with Crippen LogP contribution in [0.15, 0.2) is 0 Å². The van der Waals surface area contributed by atoms with Gasteiger partial charge in [0.1, 0.15) is 6.29 Å². The van der Waals surface area contributed by atoms with E-state index in [1.807, 2.05) is 13.8 Å². The molecule has 0 bridgehead atoms. The molecule has 0 rings (SSSR count). The average Bonchev–Trinajstić information content (AvgIpc) is 1.87. The van der Waals surface area contributed by atoms with Crippen LogP contribution in [0.3, 0.4) is 0 Å². The van der Waals surface area contributed by atoms with E-state index in [2.05, 4.69) is 0 Å². The molecule has 0 radical (unpaired) electrons. The van der Waals surface area contributed by atoms with Gasteiger partial charge in [-0.15, -0.1) is 11.6 Å². The zero-order valence-corrected chi connectivity index (χ0v) is 6.03. The Morgan fingerprint density at radius 3 is 2.25 bits per heavy atom. The number of alkyl halides is 1. The van der Waals surface area contributed by atoms with Gasteiger partial charge in [-0.2, -0.15) is 0 Å². The van der Waals surface area contributed by atoms with E-state index in [4.69, 9.17) is 11.6 Å². The highest BCUT2D eigenvalue weighted by molar-refractivity contribution is 6.19. The molecule has 0 saturated carbocycles. The second-order valence-electron chi connectivity index (χ2n) is 2.26. The van der Waals surface area contributed by atoms with Gasteiger partial charge in [-0.05, 0) is 6.42 Å². The van der Waals surface area contributed by atoms with E-state index in [0.29, 0.717) is 5.88 Å². The molecular formula is C6H11ClO. The van der Waals surface area contributed by atoms with Gasteiger partial charge in [-0.1, -0.05) is 13.8 Å². The Morgan fingerprint density at radius 1 is 1.75 bits per heavy atom. The minimum atomic E-state index is -0.290. The summed E-state index contributed by atoms with van der Waals surface area (Å²) in [6.07, 6.45) is 1.74. The Kier molecular flexibility index (Phi) is 3.06. The first-order valence-electron chi connectivity index (χ1n) is 2.71. The van der Waals surface area contributed by atoms with Gasteiger partial charge in [0.2, 0.25) is 0 Å². The molecule has 0 aromatic heterocycles. The van der Waals surface area contributed by atoms with Crippen molar-refractivity contribution in [3.05, 3.63) is 0 Å². The predicted molar refractivity (Wildman–Crippen MR) is 35.2 cm³/mol. The van der Waals surface area contributed by atoms with Gasteiger partial charge in [0.15, 0.2) is 0 Å². The molecule has 1 unspecified atom stereocenters. The number of rotatable bonds is 3. The van der Waals surface area contributed by atoms with Crippen LogP contribution in [0.1, 0.15) is 20.3 Å². The van der Waals surface area contributed by atoms with Gasteiger partial charge in [0.05, 0.1) is 0 Å². The van der Waals surface area contributed by atoms with E-state index >= 15 is 0 Å². The molecule has 48 valence electrons. The fourth-order valence-electron chi connectivity index (χ4n) is 0.209. The fraction of sp³-hybridized carbons (Fsp3) is 0.833. The lowest BCUT2D eigenvalue weighted by Crippen LogP contribution is -2.18. The molecule has 0 aliphatic rings. The molecule has 0 heterocycles. The topological polar surface area (TPSA) is 17.1 Å². The summed E-state index contributed by atoms with van der Waals surface area (Å²) in [6.45, 7) is 3.81. The van der Waals surface area contributed by atoms with Crippen molar-refractivity contribution < 1.29 is 4.79 Å². The number of hydrogen-bond acceptors (Lipinski definition) is 1. The third-order valence-electron chi connectivity index (χ3n) is 1.40. The molecule has 0 aromatic carbocycles. The molecular weight excluding hydrogens is 124 g/mol. The van der Waals surface area contributed by atoms with Crippen molar-refractivity contribution in [1.82, 2.24) is 0 Å². The zero-order chi connectivity index (χ0) is 6.62. The quantitative estimate of drug-likeness (QED) is 0.425. The minimum Gasteiger partial charge on any atom is -0.303 e. The third-order valence-corrected chi connectivity index (χ3v) is 2.01. The second kappa shape index (κ2) is 3.08. The summed E-state index contributed by atoms with van der Waals surface area (Å²) in [5.74, 6) is 0.424. The molecule has 1 atom stereocenters. The van der Waals surface area contributed by atoms with E-state index < -0.39 is 0 Å². The molecule has 0 fully saturated rings. The summed E-state index contributed by atoms with van der Waals surface area (Å²) in [6, 6.07) is 0. The van der Waals surface area contributed by atoms with Gasteiger partial charge in [-0.3, -0.25) is 0 Å². The van der Waals surface area contributed by atoms with Crippen molar-refractivity contribution in [2.24, 2.45) is 5.41 Å². The maximum absolute atomic E-state index is 10.2. The van der Waals surface area contributed by atoms with Crippen LogP contribution in [-0.4, -0.2) is 12.2 Å². The molecule has 0 saturated heterocycles. The summed E-state index contributed by atoms with van der Waals surface area (Å²) in [4.78, 5) is 10.2. The fourth-order valence-corrected chi connectivity index (χ4v) is 0.461. The molecule has 0 aliphatic carbocycles. The minimum absolute atomic E-state index is 0.290. The summed E-state index contributed by atoms with van der Waals surface area (Å²) in [5, 5.41) is 0. The zero-order valence-electron chi connectivity index (χ0n) is 5.28. The van der Waals surface area contributed by atoms with Crippen LogP contribution >= 0.6 is 11.6 Å². The van der Waals surface area contributed by atoms with E-state index in [-0.39, 0.29) is 5.41 Å². The highest BCUT2D eigenvalue weighted by atomic mass is 35.5. The average molecular weight is 135 g/mol. The van der Waals surface area contributed by atoms with E-state index in [9.17, 15) is 4.79 Å². The van der Waals surface area contributed by atoms with Crippen molar-refractivity contribution in [2.75, 3.05) is 5.88 Å². The van der Waals surface area contributed by atoms with Crippen LogP contribution in [0.5, 0.6) is 0 Å². The van der Waals surface area contributed by atoms with Crippen molar-refractivity contribution >= 4 is 17.9 Å². The van der Waals surface area contributed by atoms with Crippen molar-refractivity contribution in [3.8, 4) is 0 Å². The first kappa shape index (κ1) is 7.96. The molecule has 0 N–H and O–H groups in total. The van der Waals surface area contributed by atoms with Gasteiger partial charge in [0, 0.05) is 11.3 Å². The van der Waals surface area contributed by atoms with Gasteiger partial charge < -0.3 is 4.79 Å². The summed E-state index contributed by atoms with van der Waals surface area (Å²) in [7, 11) is 0. The number of carbonyl (C=O) groups is 1. The maximum Gasteiger partial charge on any atom is 0.127 e. The molecule has 8 heavy (non-hydrogen) atoms. The molecule has 0 aromatic rings. The first-order valence-corrected chi connectivity index (χ1v) is 3.24. The largest absolute Gasteiger partial charge is 0.303 e. The van der Waals surface area contributed by atoms with Crippen molar-refractivity contribution in [2.45, 2.75) is 20.3 Å². The number of carbonyl (C=O) groups excluding carboxylic acids is 1. The Hall–Kier alpha value is -0.0400. The summed E-state index contributed by atoms with van der Waals surface area (Å²) in [5.41, 5.74) is -0.290. The monoisotopic (exact) mass is 134 g/mol. The lowest BCUT2D eigenvalue weighted by Gasteiger charge is -2.15. The smallest absolute Gasteiger partial charge is 0.127 e. The van der Waals surface area contributed by atoms with Crippen LogP contribution in [-0.2, 0) is 4.79 Å². The molecule has 0 amide bonds. The maximum atomic E-state index is 10.2. The predicted octanol–water partition coefficient (Wildman–Crippen LogP) is 1.84. The Bertz CT molecular complexity index is 76.6. The summed E-state index contributed by atoms with van der Waals surface area (Å²) >= 11 is 5.48. The molecule has 1 nitrogen and oxygen atoms in total. The van der Waals surface area contributed by atoms with Crippen LogP contribution in [0.25, 0.3) is 0 Å². The highest BCUT2D eigenvalue weighted by Gasteiger charge is 2.18. The highest BCUT2D eigenvalue weighted by Crippen LogP contribution is 2.18.